The Balaban J connectivity index is 1.43. The van der Waals surface area contributed by atoms with E-state index in [1.807, 2.05) is 66.7 Å². The molecule has 1 unspecified atom stereocenters. The van der Waals surface area contributed by atoms with Crippen LogP contribution in [0.25, 0.3) is 0 Å². The predicted molar refractivity (Wildman–Crippen MR) is 129 cm³/mol. The van der Waals surface area contributed by atoms with Crippen LogP contribution < -0.4 is 9.64 Å². The molecular weight excluding hydrogens is 434 g/mol. The third-order valence-corrected chi connectivity index (χ3v) is 6.54. The molecule has 3 aromatic carbocycles. The molecular formula is C28H24ClNO3. The molecule has 0 bridgehead atoms. The van der Waals surface area contributed by atoms with Crippen molar-refractivity contribution in [2.24, 2.45) is 0 Å². The monoisotopic (exact) mass is 457 g/mol. The van der Waals surface area contributed by atoms with E-state index >= 15 is 0 Å². The van der Waals surface area contributed by atoms with Crippen LogP contribution in [-0.2, 0) is 16.2 Å². The molecule has 2 aliphatic rings. The van der Waals surface area contributed by atoms with Gasteiger partial charge in [0.15, 0.2) is 5.78 Å². The van der Waals surface area contributed by atoms with Gasteiger partial charge < -0.3 is 4.74 Å². The van der Waals surface area contributed by atoms with Gasteiger partial charge in [-0.2, -0.15) is 0 Å². The van der Waals surface area contributed by atoms with Gasteiger partial charge in [0.1, 0.15) is 12.4 Å². The molecule has 1 aliphatic heterocycles. The van der Waals surface area contributed by atoms with Crippen molar-refractivity contribution >= 4 is 29.0 Å². The summed E-state index contributed by atoms with van der Waals surface area (Å²) in [7, 11) is 0. The summed E-state index contributed by atoms with van der Waals surface area (Å²) in [6.07, 6.45) is 2.26. The number of hydrogen-bond donors (Lipinski definition) is 0. The largest absolute Gasteiger partial charge is 0.489 e. The van der Waals surface area contributed by atoms with Gasteiger partial charge in [-0.1, -0.05) is 54.1 Å². The standard InChI is InChI=1S/C28H24ClNO3/c29-21-11-13-22(14-12-21)30-25-7-4-8-26(31)28(25)24(17-27(30)32)20-9-15-23(16-10-20)33-18-19-5-2-1-3-6-19/h1-3,5-6,9-16,24H,4,7-8,17-18H2. The first-order chi connectivity index (χ1) is 16.1. The highest BCUT2D eigenvalue weighted by molar-refractivity contribution is 6.30. The molecule has 5 heteroatoms. The Morgan fingerprint density at radius 1 is 0.879 bits per heavy atom. The highest BCUT2D eigenvalue weighted by Gasteiger charge is 2.39. The van der Waals surface area contributed by atoms with E-state index in [1.165, 1.54) is 0 Å². The van der Waals surface area contributed by atoms with Crippen molar-refractivity contribution in [1.82, 2.24) is 0 Å². The maximum absolute atomic E-state index is 13.3. The molecule has 5 rings (SSSR count). The zero-order valence-corrected chi connectivity index (χ0v) is 18.9. The van der Waals surface area contributed by atoms with Crippen molar-refractivity contribution in [3.05, 3.63) is 106 Å². The van der Waals surface area contributed by atoms with Gasteiger partial charge in [0.05, 0.1) is 0 Å². The number of allylic oxidation sites excluding steroid dienone is 2. The Hall–Kier alpha value is -3.37. The Labute approximate surface area is 198 Å². The Bertz CT molecular complexity index is 1200. The van der Waals surface area contributed by atoms with Crippen molar-refractivity contribution in [2.75, 3.05) is 4.90 Å². The number of halogens is 1. The number of amides is 1. The number of nitrogens with zero attached hydrogens (tertiary/aromatic N) is 1. The van der Waals surface area contributed by atoms with Crippen LogP contribution in [0.4, 0.5) is 5.69 Å². The quantitative estimate of drug-likeness (QED) is 0.442. The van der Waals surface area contributed by atoms with E-state index in [9.17, 15) is 9.59 Å². The van der Waals surface area contributed by atoms with Crippen LogP contribution in [0.5, 0.6) is 5.75 Å². The topological polar surface area (TPSA) is 46.6 Å². The summed E-state index contributed by atoms with van der Waals surface area (Å²) < 4.78 is 5.90. The number of rotatable bonds is 5. The molecule has 4 nitrogen and oxygen atoms in total. The van der Waals surface area contributed by atoms with Gasteiger partial charge in [0.25, 0.3) is 0 Å². The average molecular weight is 458 g/mol. The number of hydrogen-bond acceptors (Lipinski definition) is 3. The van der Waals surface area contributed by atoms with Gasteiger partial charge in [-0.05, 0) is 60.4 Å². The molecule has 166 valence electrons. The maximum atomic E-state index is 13.3. The predicted octanol–water partition coefficient (Wildman–Crippen LogP) is 6.45. The molecule has 3 aromatic rings. The number of benzene rings is 3. The molecule has 1 amide bonds. The summed E-state index contributed by atoms with van der Waals surface area (Å²) in [5.41, 5.74) is 4.43. The van der Waals surface area contributed by atoms with Crippen LogP contribution in [0.1, 0.15) is 42.7 Å². The fraction of sp³-hybridized carbons (Fsp3) is 0.214. The minimum Gasteiger partial charge on any atom is -0.489 e. The summed E-state index contributed by atoms with van der Waals surface area (Å²) in [5, 5.41) is 0.615. The lowest BCUT2D eigenvalue weighted by molar-refractivity contribution is -0.119. The molecule has 0 saturated heterocycles. The summed E-state index contributed by atoms with van der Waals surface area (Å²) in [6.45, 7) is 0.492. The summed E-state index contributed by atoms with van der Waals surface area (Å²) in [4.78, 5) is 28.0. The lowest BCUT2D eigenvalue weighted by atomic mass is 9.77. The second-order valence-corrected chi connectivity index (χ2v) is 8.88. The normalized spacial score (nSPS) is 18.3. The Morgan fingerprint density at radius 2 is 1.61 bits per heavy atom. The number of ether oxygens (including phenoxy) is 1. The second kappa shape index (κ2) is 9.24. The first-order valence-corrected chi connectivity index (χ1v) is 11.6. The van der Waals surface area contributed by atoms with Crippen LogP contribution in [0, 0.1) is 0 Å². The van der Waals surface area contributed by atoms with Crippen molar-refractivity contribution < 1.29 is 14.3 Å². The smallest absolute Gasteiger partial charge is 0.232 e. The Kier molecular flexibility index (Phi) is 6.01. The van der Waals surface area contributed by atoms with Crippen LogP contribution >= 0.6 is 11.6 Å². The third-order valence-electron chi connectivity index (χ3n) is 6.29. The van der Waals surface area contributed by atoms with Crippen molar-refractivity contribution in [3.8, 4) is 5.75 Å². The van der Waals surface area contributed by atoms with E-state index in [4.69, 9.17) is 16.3 Å². The summed E-state index contributed by atoms with van der Waals surface area (Å²) in [6, 6.07) is 25.0. The zero-order valence-electron chi connectivity index (χ0n) is 18.2. The molecule has 0 radical (unpaired) electrons. The number of carbonyl (C=O) groups excluding carboxylic acids is 2. The summed E-state index contributed by atoms with van der Waals surface area (Å²) in [5.74, 6) is 0.668. The van der Waals surface area contributed by atoms with E-state index in [1.54, 1.807) is 17.0 Å². The van der Waals surface area contributed by atoms with E-state index < -0.39 is 0 Å². The highest BCUT2D eigenvalue weighted by Crippen LogP contribution is 2.43. The van der Waals surface area contributed by atoms with Crippen molar-refractivity contribution in [1.29, 1.82) is 0 Å². The fourth-order valence-corrected chi connectivity index (χ4v) is 4.83. The van der Waals surface area contributed by atoms with Crippen LogP contribution in [-0.4, -0.2) is 11.7 Å². The number of carbonyl (C=O) groups is 2. The maximum Gasteiger partial charge on any atom is 0.232 e. The molecule has 33 heavy (non-hydrogen) atoms. The molecule has 1 aliphatic carbocycles. The lowest BCUT2D eigenvalue weighted by Crippen LogP contribution is -2.40. The zero-order chi connectivity index (χ0) is 22.8. The number of anilines is 1. The molecule has 1 heterocycles. The molecule has 0 aromatic heterocycles. The minimum absolute atomic E-state index is 0.000164. The minimum atomic E-state index is -0.230. The van der Waals surface area contributed by atoms with Crippen LogP contribution in [0.2, 0.25) is 5.02 Å². The fourth-order valence-electron chi connectivity index (χ4n) is 4.70. The van der Waals surface area contributed by atoms with Gasteiger partial charge in [0, 0.05) is 40.7 Å². The van der Waals surface area contributed by atoms with Gasteiger partial charge >= 0.3 is 0 Å². The number of Topliss-reactive ketones (excluding diaryl/α,β-unsaturated/α-hetero) is 1. The molecule has 1 atom stereocenters. The molecule has 0 N–H and O–H groups in total. The van der Waals surface area contributed by atoms with E-state index in [0.717, 1.165) is 40.3 Å². The van der Waals surface area contributed by atoms with E-state index in [2.05, 4.69) is 0 Å². The Morgan fingerprint density at radius 3 is 2.33 bits per heavy atom. The third kappa shape index (κ3) is 4.44. The van der Waals surface area contributed by atoms with Gasteiger partial charge in [-0.3, -0.25) is 14.5 Å². The first-order valence-electron chi connectivity index (χ1n) is 11.2. The van der Waals surface area contributed by atoms with E-state index in [-0.39, 0.29) is 24.0 Å². The van der Waals surface area contributed by atoms with Gasteiger partial charge in [0.2, 0.25) is 5.91 Å². The SMILES string of the molecule is O=C1CCCC2=C1C(c1ccc(OCc3ccccc3)cc1)CC(=O)N2c1ccc(Cl)cc1. The van der Waals surface area contributed by atoms with Gasteiger partial charge in [-0.15, -0.1) is 0 Å². The van der Waals surface area contributed by atoms with Crippen LogP contribution in [0.15, 0.2) is 90.1 Å². The first kappa shape index (κ1) is 21.5. The molecule has 0 spiro atoms. The van der Waals surface area contributed by atoms with Crippen molar-refractivity contribution in [2.45, 2.75) is 38.2 Å². The van der Waals surface area contributed by atoms with Crippen molar-refractivity contribution in [3.63, 3.8) is 0 Å². The molecule has 0 saturated carbocycles. The average Bonchev–Trinajstić information content (AvgIpc) is 2.84. The number of ketones is 1. The van der Waals surface area contributed by atoms with Crippen LogP contribution in [0.3, 0.4) is 0 Å². The summed E-state index contributed by atoms with van der Waals surface area (Å²) >= 11 is 6.04. The second-order valence-electron chi connectivity index (χ2n) is 8.44. The van der Waals surface area contributed by atoms with Gasteiger partial charge in [-0.25, -0.2) is 0 Å². The molecule has 0 fully saturated rings. The van der Waals surface area contributed by atoms with E-state index in [0.29, 0.717) is 24.5 Å². The highest BCUT2D eigenvalue weighted by atomic mass is 35.5. The lowest BCUT2D eigenvalue weighted by Gasteiger charge is -2.38.